The summed E-state index contributed by atoms with van der Waals surface area (Å²) in [5, 5.41) is 13.6. The van der Waals surface area contributed by atoms with Crippen molar-refractivity contribution in [2.45, 2.75) is 44.8 Å². The lowest BCUT2D eigenvalue weighted by atomic mass is 9.96. The van der Waals surface area contributed by atoms with Crippen molar-refractivity contribution >= 4 is 0 Å². The minimum absolute atomic E-state index is 0.203. The summed E-state index contributed by atoms with van der Waals surface area (Å²) in [6.07, 6.45) is 1.09. The van der Waals surface area contributed by atoms with Gasteiger partial charge in [0.2, 0.25) is 5.82 Å². The Kier molecular flexibility index (Phi) is 5.04. The molecule has 1 unspecified atom stereocenters. The molecule has 0 saturated heterocycles. The van der Waals surface area contributed by atoms with Gasteiger partial charge in [-0.25, -0.2) is 0 Å². The summed E-state index contributed by atoms with van der Waals surface area (Å²) in [6, 6.07) is 0. The number of nitrogens with two attached hydrogens (primary N) is 1. The molecule has 6 heteroatoms. The van der Waals surface area contributed by atoms with Crippen LogP contribution in [0.5, 0.6) is 0 Å². The first-order valence-electron chi connectivity index (χ1n) is 5.90. The lowest BCUT2D eigenvalue weighted by molar-refractivity contribution is -0.0306. The molecule has 0 aliphatic heterocycles. The predicted molar refractivity (Wildman–Crippen MR) is 62.2 cm³/mol. The summed E-state index contributed by atoms with van der Waals surface area (Å²) in [5.74, 6) is 0.685. The molecule has 3 N–H and O–H groups in total. The molecule has 0 aliphatic rings. The fourth-order valence-electron chi connectivity index (χ4n) is 1.78. The van der Waals surface area contributed by atoms with Gasteiger partial charge in [0.15, 0.2) is 0 Å². The van der Waals surface area contributed by atoms with Crippen LogP contribution < -0.4 is 5.73 Å². The maximum atomic E-state index is 9.70. The second-order valence-electron chi connectivity index (χ2n) is 3.95. The first-order chi connectivity index (χ1) is 8.13. The van der Waals surface area contributed by atoms with E-state index in [2.05, 4.69) is 10.1 Å². The number of hydrogen-bond donors (Lipinski definition) is 2. The second-order valence-corrected chi connectivity index (χ2v) is 3.95. The molecule has 0 radical (unpaired) electrons. The van der Waals surface area contributed by atoms with E-state index in [1.165, 1.54) is 0 Å². The van der Waals surface area contributed by atoms with E-state index in [-0.39, 0.29) is 5.89 Å². The molecule has 1 heterocycles. The highest BCUT2D eigenvalue weighted by Gasteiger charge is 2.34. The molecule has 0 amide bonds. The number of methoxy groups -OCH3 is 1. The SMILES string of the molecule is CCC(CC)(OC)c1noc(C(O)CCN)n1. The van der Waals surface area contributed by atoms with Crippen molar-refractivity contribution in [1.29, 1.82) is 0 Å². The number of aliphatic hydroxyl groups excluding tert-OH is 1. The van der Waals surface area contributed by atoms with Gasteiger partial charge in [0.05, 0.1) is 0 Å². The summed E-state index contributed by atoms with van der Waals surface area (Å²) >= 11 is 0. The third kappa shape index (κ3) is 2.83. The van der Waals surface area contributed by atoms with Crippen molar-refractivity contribution < 1.29 is 14.4 Å². The van der Waals surface area contributed by atoms with E-state index < -0.39 is 11.7 Å². The van der Waals surface area contributed by atoms with E-state index >= 15 is 0 Å². The van der Waals surface area contributed by atoms with Crippen LogP contribution in [0.2, 0.25) is 0 Å². The first kappa shape index (κ1) is 14.1. The van der Waals surface area contributed by atoms with Gasteiger partial charge in [0.1, 0.15) is 11.7 Å². The van der Waals surface area contributed by atoms with Gasteiger partial charge in [0, 0.05) is 7.11 Å². The number of hydrogen-bond acceptors (Lipinski definition) is 6. The molecule has 1 aromatic rings. The van der Waals surface area contributed by atoms with E-state index in [9.17, 15) is 5.11 Å². The fraction of sp³-hybridized carbons (Fsp3) is 0.818. The smallest absolute Gasteiger partial charge is 0.255 e. The molecule has 0 spiro atoms. The van der Waals surface area contributed by atoms with E-state index in [0.29, 0.717) is 18.8 Å². The predicted octanol–water partition coefficient (Wildman–Crippen LogP) is 1.11. The van der Waals surface area contributed by atoms with E-state index in [1.54, 1.807) is 7.11 Å². The Bertz CT molecular complexity index is 328. The van der Waals surface area contributed by atoms with E-state index in [4.69, 9.17) is 15.0 Å². The molecular weight excluding hydrogens is 222 g/mol. The third-order valence-electron chi connectivity index (χ3n) is 3.11. The summed E-state index contributed by atoms with van der Waals surface area (Å²) in [4.78, 5) is 4.21. The average molecular weight is 243 g/mol. The van der Waals surface area contributed by atoms with Gasteiger partial charge in [-0.3, -0.25) is 0 Å². The molecule has 1 aromatic heterocycles. The molecule has 0 aliphatic carbocycles. The van der Waals surface area contributed by atoms with Crippen molar-refractivity contribution in [3.05, 3.63) is 11.7 Å². The van der Waals surface area contributed by atoms with Crippen molar-refractivity contribution in [3.63, 3.8) is 0 Å². The second kappa shape index (κ2) is 6.09. The van der Waals surface area contributed by atoms with Gasteiger partial charge < -0.3 is 20.1 Å². The first-order valence-corrected chi connectivity index (χ1v) is 5.90. The Morgan fingerprint density at radius 1 is 1.47 bits per heavy atom. The highest BCUT2D eigenvalue weighted by molar-refractivity contribution is 5.02. The molecule has 0 bridgehead atoms. The van der Waals surface area contributed by atoms with Crippen molar-refractivity contribution in [1.82, 2.24) is 10.1 Å². The zero-order valence-corrected chi connectivity index (χ0v) is 10.6. The summed E-state index contributed by atoms with van der Waals surface area (Å²) in [5.41, 5.74) is 4.83. The van der Waals surface area contributed by atoms with Gasteiger partial charge in [0.25, 0.3) is 5.89 Å². The minimum atomic E-state index is -0.801. The monoisotopic (exact) mass is 243 g/mol. The summed E-state index contributed by atoms with van der Waals surface area (Å²) in [7, 11) is 1.62. The quantitative estimate of drug-likeness (QED) is 0.745. The van der Waals surface area contributed by atoms with E-state index in [1.807, 2.05) is 13.8 Å². The number of aromatic nitrogens is 2. The number of ether oxygens (including phenoxy) is 1. The highest BCUT2D eigenvalue weighted by Crippen LogP contribution is 2.30. The topological polar surface area (TPSA) is 94.4 Å². The van der Waals surface area contributed by atoms with Crippen LogP contribution in [0.25, 0.3) is 0 Å². The molecule has 17 heavy (non-hydrogen) atoms. The largest absolute Gasteiger partial charge is 0.383 e. The molecule has 0 aromatic carbocycles. The lowest BCUT2D eigenvalue weighted by Crippen LogP contribution is -2.28. The fourth-order valence-corrected chi connectivity index (χ4v) is 1.78. The number of rotatable bonds is 7. The minimum Gasteiger partial charge on any atom is -0.383 e. The zero-order chi connectivity index (χ0) is 12.9. The zero-order valence-electron chi connectivity index (χ0n) is 10.6. The van der Waals surface area contributed by atoms with Gasteiger partial charge in [-0.05, 0) is 25.8 Å². The average Bonchev–Trinajstić information content (AvgIpc) is 2.83. The standard InChI is InChI=1S/C11H21N3O3/c1-4-11(5-2,16-3)10-13-9(17-14-10)8(15)6-7-12/h8,15H,4-7,12H2,1-3H3. The maximum absolute atomic E-state index is 9.70. The van der Waals surface area contributed by atoms with Crippen LogP contribution in [0.1, 0.15) is 50.9 Å². The van der Waals surface area contributed by atoms with Gasteiger partial charge in [-0.15, -0.1) is 0 Å². The molecule has 6 nitrogen and oxygen atoms in total. The van der Waals surface area contributed by atoms with Crippen molar-refractivity contribution in [3.8, 4) is 0 Å². The van der Waals surface area contributed by atoms with Gasteiger partial charge in [-0.1, -0.05) is 19.0 Å². The molecule has 1 atom stereocenters. The Labute approximate surface area is 101 Å². The van der Waals surface area contributed by atoms with Gasteiger partial charge >= 0.3 is 0 Å². The Balaban J connectivity index is 2.92. The van der Waals surface area contributed by atoms with Crippen LogP contribution in [-0.4, -0.2) is 28.9 Å². The molecule has 0 fully saturated rings. The number of nitrogens with zero attached hydrogens (tertiary/aromatic N) is 2. The van der Waals surface area contributed by atoms with Crippen molar-refractivity contribution in [2.75, 3.05) is 13.7 Å². The normalized spacial score (nSPS) is 13.9. The van der Waals surface area contributed by atoms with Crippen LogP contribution in [-0.2, 0) is 10.3 Å². The van der Waals surface area contributed by atoms with Crippen LogP contribution in [0, 0.1) is 0 Å². The van der Waals surface area contributed by atoms with Gasteiger partial charge in [-0.2, -0.15) is 4.98 Å². The number of aliphatic hydroxyl groups is 1. The molecular formula is C11H21N3O3. The Morgan fingerprint density at radius 3 is 2.59 bits per heavy atom. The molecule has 98 valence electrons. The van der Waals surface area contributed by atoms with Crippen LogP contribution in [0.3, 0.4) is 0 Å². The maximum Gasteiger partial charge on any atom is 0.255 e. The molecule has 1 rings (SSSR count). The highest BCUT2D eigenvalue weighted by atomic mass is 16.5. The van der Waals surface area contributed by atoms with Crippen molar-refractivity contribution in [2.24, 2.45) is 5.73 Å². The third-order valence-corrected chi connectivity index (χ3v) is 3.11. The van der Waals surface area contributed by atoms with Crippen LogP contribution >= 0.6 is 0 Å². The Hall–Kier alpha value is -0.980. The summed E-state index contributed by atoms with van der Waals surface area (Å²) < 4.78 is 10.5. The van der Waals surface area contributed by atoms with E-state index in [0.717, 1.165) is 12.8 Å². The Morgan fingerprint density at radius 2 is 2.12 bits per heavy atom. The summed E-state index contributed by atoms with van der Waals surface area (Å²) in [6.45, 7) is 4.37. The lowest BCUT2D eigenvalue weighted by Gasteiger charge is -2.25. The molecule has 0 saturated carbocycles. The van der Waals surface area contributed by atoms with Crippen LogP contribution in [0.4, 0.5) is 0 Å². The van der Waals surface area contributed by atoms with Crippen LogP contribution in [0.15, 0.2) is 4.52 Å².